The maximum Gasteiger partial charge on any atom is 0.338 e. The third kappa shape index (κ3) is 7.29. The zero-order valence-corrected chi connectivity index (χ0v) is 25.5. The number of aliphatic hydroxyl groups excluding tert-OH is 1. The molecular formula is C35H38O9. The highest BCUT2D eigenvalue weighted by Crippen LogP contribution is 2.34. The number of benzene rings is 3. The fraction of sp³-hybridized carbons (Fsp3) is 0.343. The summed E-state index contributed by atoms with van der Waals surface area (Å²) in [6.45, 7) is 7.16. The molecule has 0 aliphatic carbocycles. The fourth-order valence-corrected chi connectivity index (χ4v) is 4.95. The third-order valence-corrected chi connectivity index (χ3v) is 7.12. The Morgan fingerprint density at radius 3 is 2.09 bits per heavy atom. The highest BCUT2D eigenvalue weighted by Gasteiger charge is 2.19. The Labute approximate surface area is 256 Å². The van der Waals surface area contributed by atoms with Gasteiger partial charge in [0, 0.05) is 22.8 Å². The smallest absolute Gasteiger partial charge is 0.338 e. The van der Waals surface area contributed by atoms with Crippen LogP contribution in [0.4, 0.5) is 0 Å². The average Bonchev–Trinajstić information content (AvgIpc) is 3.01. The van der Waals surface area contributed by atoms with E-state index in [4.69, 9.17) is 18.6 Å². The van der Waals surface area contributed by atoms with Crippen molar-refractivity contribution in [2.75, 3.05) is 19.8 Å². The Bertz CT molecular complexity index is 1690. The van der Waals surface area contributed by atoms with Gasteiger partial charge in [-0.2, -0.15) is 0 Å². The molecule has 0 bridgehead atoms. The zero-order chi connectivity index (χ0) is 31.8. The summed E-state index contributed by atoms with van der Waals surface area (Å²) >= 11 is 0. The zero-order valence-electron chi connectivity index (χ0n) is 25.5. The minimum absolute atomic E-state index is 0.0952. The van der Waals surface area contributed by atoms with Gasteiger partial charge in [-0.15, -0.1) is 0 Å². The van der Waals surface area contributed by atoms with E-state index in [1.807, 2.05) is 13.8 Å². The highest BCUT2D eigenvalue weighted by molar-refractivity contribution is 5.97. The molecule has 44 heavy (non-hydrogen) atoms. The number of fused-ring (bicyclic) bond motifs is 1. The summed E-state index contributed by atoms with van der Waals surface area (Å²) in [6, 6.07) is 14.5. The fourth-order valence-electron chi connectivity index (χ4n) is 4.95. The van der Waals surface area contributed by atoms with E-state index in [1.54, 1.807) is 49.4 Å². The Morgan fingerprint density at radius 1 is 0.864 bits per heavy atom. The molecule has 4 aromatic rings. The first-order chi connectivity index (χ1) is 21.2. The molecule has 0 spiro atoms. The summed E-state index contributed by atoms with van der Waals surface area (Å²) < 4.78 is 23.1. The maximum atomic E-state index is 13.1. The quantitative estimate of drug-likeness (QED) is 0.127. The lowest BCUT2D eigenvalue weighted by Gasteiger charge is -2.18. The summed E-state index contributed by atoms with van der Waals surface area (Å²) in [5.41, 5.74) is 2.67. The number of hydrogen-bond donors (Lipinski definition) is 2. The lowest BCUT2D eigenvalue weighted by atomic mass is 10.0. The van der Waals surface area contributed by atoms with Crippen LogP contribution < -0.4 is 14.9 Å². The normalized spacial score (nSPS) is 11.8. The highest BCUT2D eigenvalue weighted by atomic mass is 16.5. The molecule has 9 nitrogen and oxygen atoms in total. The number of carbonyl (C=O) groups excluding carboxylic acids is 2. The second-order valence-electron chi connectivity index (χ2n) is 10.5. The molecule has 2 N–H and O–H groups in total. The monoisotopic (exact) mass is 602 g/mol. The molecule has 1 atom stereocenters. The first-order valence-electron chi connectivity index (χ1n) is 14.8. The van der Waals surface area contributed by atoms with Gasteiger partial charge in [-0.25, -0.2) is 4.79 Å². The Balaban J connectivity index is 1.54. The number of carbonyl (C=O) groups is 2. The van der Waals surface area contributed by atoms with Crippen molar-refractivity contribution in [3.63, 3.8) is 0 Å². The van der Waals surface area contributed by atoms with E-state index < -0.39 is 12.1 Å². The van der Waals surface area contributed by atoms with Gasteiger partial charge in [0.15, 0.2) is 11.2 Å². The topological polar surface area (TPSA) is 132 Å². The van der Waals surface area contributed by atoms with Gasteiger partial charge in [0.25, 0.3) is 0 Å². The molecule has 0 fully saturated rings. The maximum absolute atomic E-state index is 13.1. The van der Waals surface area contributed by atoms with Crippen molar-refractivity contribution in [1.29, 1.82) is 0 Å². The molecule has 9 heteroatoms. The Kier molecular flexibility index (Phi) is 10.8. The van der Waals surface area contributed by atoms with Gasteiger partial charge in [0.2, 0.25) is 0 Å². The summed E-state index contributed by atoms with van der Waals surface area (Å²) in [4.78, 5) is 36.9. The van der Waals surface area contributed by atoms with Gasteiger partial charge in [0.05, 0.1) is 23.1 Å². The van der Waals surface area contributed by atoms with Crippen molar-refractivity contribution in [3.05, 3.63) is 87.1 Å². The standard InChI is InChI=1S/C35H38O9/c1-5-8-27-30(16-14-25(21(4)36)33(27)39)42-19-24(37)20-43-31-17-15-26-29(38)18-32(44-34(26)28(31)9-6-2)22-10-12-23(13-11-22)35(40)41-7-3/h10-18,24,37,39H,5-9,19-20H2,1-4H3. The van der Waals surface area contributed by atoms with Crippen LogP contribution in [0, 0.1) is 0 Å². The summed E-state index contributed by atoms with van der Waals surface area (Å²) in [5.74, 6) is 0.459. The van der Waals surface area contributed by atoms with Crippen LogP contribution in [-0.2, 0) is 17.6 Å². The number of aryl methyl sites for hydroxylation is 1. The molecule has 0 aliphatic heterocycles. The molecule has 0 radical (unpaired) electrons. The molecule has 0 saturated carbocycles. The predicted molar refractivity (Wildman–Crippen MR) is 167 cm³/mol. The number of rotatable bonds is 14. The molecule has 1 heterocycles. The average molecular weight is 603 g/mol. The number of aliphatic hydroxyl groups is 1. The van der Waals surface area contributed by atoms with Crippen LogP contribution in [0.2, 0.25) is 0 Å². The van der Waals surface area contributed by atoms with Gasteiger partial charge in [-0.1, -0.05) is 38.8 Å². The van der Waals surface area contributed by atoms with Crippen LogP contribution in [0.1, 0.15) is 72.4 Å². The molecule has 4 rings (SSSR count). The van der Waals surface area contributed by atoms with Crippen molar-refractivity contribution in [1.82, 2.24) is 0 Å². The van der Waals surface area contributed by atoms with Crippen LogP contribution in [0.3, 0.4) is 0 Å². The molecule has 0 aliphatic rings. The molecule has 1 unspecified atom stereocenters. The molecule has 1 aromatic heterocycles. The van der Waals surface area contributed by atoms with Crippen LogP contribution in [0.5, 0.6) is 17.2 Å². The second-order valence-corrected chi connectivity index (χ2v) is 10.5. The number of hydrogen-bond acceptors (Lipinski definition) is 9. The van der Waals surface area contributed by atoms with Crippen molar-refractivity contribution < 1.29 is 38.4 Å². The van der Waals surface area contributed by atoms with Gasteiger partial charge in [-0.05, 0) is 63.1 Å². The Hall–Kier alpha value is -4.63. The Morgan fingerprint density at radius 2 is 1.48 bits per heavy atom. The number of aromatic hydroxyl groups is 1. The number of phenols is 1. The van der Waals surface area contributed by atoms with E-state index in [0.717, 1.165) is 12.8 Å². The lowest BCUT2D eigenvalue weighted by Crippen LogP contribution is -2.25. The van der Waals surface area contributed by atoms with E-state index in [9.17, 15) is 24.6 Å². The van der Waals surface area contributed by atoms with Gasteiger partial charge in [0.1, 0.15) is 47.9 Å². The van der Waals surface area contributed by atoms with E-state index >= 15 is 0 Å². The van der Waals surface area contributed by atoms with Gasteiger partial charge >= 0.3 is 5.97 Å². The van der Waals surface area contributed by atoms with Gasteiger partial charge in [-0.3, -0.25) is 9.59 Å². The molecular weight excluding hydrogens is 564 g/mol. The SMILES string of the molecule is CCCc1c(OCC(O)COc2ccc3c(=O)cc(-c4ccc(C(=O)OCC)cc4)oc3c2CCC)ccc(C(C)=O)c1O. The molecule has 3 aromatic carbocycles. The van der Waals surface area contributed by atoms with Crippen LogP contribution >= 0.6 is 0 Å². The minimum Gasteiger partial charge on any atom is -0.507 e. The third-order valence-electron chi connectivity index (χ3n) is 7.12. The van der Waals surface area contributed by atoms with E-state index in [-0.39, 0.29) is 42.3 Å². The summed E-state index contributed by atoms with van der Waals surface area (Å²) in [5, 5.41) is 21.7. The van der Waals surface area contributed by atoms with Crippen molar-refractivity contribution in [2.45, 2.75) is 59.5 Å². The molecule has 232 valence electrons. The van der Waals surface area contributed by atoms with Gasteiger partial charge < -0.3 is 28.8 Å². The molecule has 0 saturated heterocycles. The first-order valence-corrected chi connectivity index (χ1v) is 14.8. The molecule has 0 amide bonds. The lowest BCUT2D eigenvalue weighted by molar-refractivity contribution is 0.0526. The van der Waals surface area contributed by atoms with Crippen LogP contribution in [0.25, 0.3) is 22.3 Å². The predicted octanol–water partition coefficient (Wildman–Crippen LogP) is 6.27. The number of esters is 1. The minimum atomic E-state index is -1.01. The van der Waals surface area contributed by atoms with E-state index in [0.29, 0.717) is 63.3 Å². The number of Topliss-reactive ketones (excluding diaryl/α,β-unsaturated/α-hetero) is 1. The summed E-state index contributed by atoms with van der Waals surface area (Å²) in [7, 11) is 0. The van der Waals surface area contributed by atoms with Crippen LogP contribution in [0.15, 0.2) is 63.8 Å². The number of phenolic OH excluding ortho intramolecular Hbond substituents is 1. The number of ether oxygens (including phenoxy) is 3. The van der Waals surface area contributed by atoms with Crippen molar-refractivity contribution in [3.8, 4) is 28.6 Å². The van der Waals surface area contributed by atoms with E-state index in [1.165, 1.54) is 19.1 Å². The van der Waals surface area contributed by atoms with Crippen LogP contribution in [-0.4, -0.2) is 47.9 Å². The first kappa shape index (κ1) is 32.3. The van der Waals surface area contributed by atoms with E-state index in [2.05, 4.69) is 0 Å². The van der Waals surface area contributed by atoms with Crippen molar-refractivity contribution in [2.24, 2.45) is 0 Å². The second kappa shape index (κ2) is 14.7. The summed E-state index contributed by atoms with van der Waals surface area (Å²) in [6.07, 6.45) is 1.55. The number of ketones is 1. The largest absolute Gasteiger partial charge is 0.507 e. The van der Waals surface area contributed by atoms with Crippen molar-refractivity contribution >= 4 is 22.7 Å².